The fraction of sp³-hybridized carbons (Fsp3) is 0.385. The SMILES string of the molecule is Cc1cc(F)ccc1C1CNCCC1OCc1c(F)ccc(F)c1F.Cc1cc(F)ccc1C1CNCCC1OCc1ccc(C(F)(F)F)cc1. The molecule has 0 saturated carbocycles. The Balaban J connectivity index is 0.000000198. The number of alkyl halides is 3. The van der Waals surface area contributed by atoms with E-state index in [1.165, 1.54) is 36.4 Å². The van der Waals surface area contributed by atoms with E-state index in [0.29, 0.717) is 25.1 Å². The first kappa shape index (κ1) is 38.4. The van der Waals surface area contributed by atoms with Crippen molar-refractivity contribution in [1.82, 2.24) is 10.6 Å². The first-order chi connectivity index (χ1) is 24.3. The van der Waals surface area contributed by atoms with Crippen molar-refractivity contribution in [2.24, 2.45) is 0 Å². The van der Waals surface area contributed by atoms with Gasteiger partial charge in [0.05, 0.1) is 36.5 Å². The zero-order valence-electron chi connectivity index (χ0n) is 28.2. The van der Waals surface area contributed by atoms with Crippen LogP contribution >= 0.6 is 0 Å². The quantitative estimate of drug-likeness (QED) is 0.141. The number of halogens is 8. The number of aryl methyl sites for hydroxylation is 2. The standard InChI is InChI=1S/C20H21F4NO.C19H19F4NO/c1-13-10-16(21)6-7-17(13)18-11-25-9-8-19(18)26-12-14-2-4-15(5-3-14)20(22,23)24;1-11-8-12(20)2-3-13(11)14-9-24-7-6-18(14)25-10-15-16(21)4-5-17(22)19(15)23/h2-7,10,18-19,25H,8-9,11-12H2,1H3;2-5,8,14,18,24H,6-7,9-10H2,1H3. The summed E-state index contributed by atoms with van der Waals surface area (Å²) in [5.41, 5.74) is 3.27. The molecule has 0 radical (unpaired) electrons. The Morgan fingerprint density at radius 1 is 0.627 bits per heavy atom. The van der Waals surface area contributed by atoms with Gasteiger partial charge in [-0.25, -0.2) is 22.0 Å². The fourth-order valence-corrected chi connectivity index (χ4v) is 6.68. The fourth-order valence-electron chi connectivity index (χ4n) is 6.68. The average molecular weight is 721 g/mol. The summed E-state index contributed by atoms with van der Waals surface area (Å²) in [5, 5.41) is 6.58. The molecule has 4 aromatic carbocycles. The van der Waals surface area contributed by atoms with Crippen LogP contribution in [0.3, 0.4) is 0 Å². The Morgan fingerprint density at radius 2 is 1.12 bits per heavy atom. The number of piperidine rings is 2. The zero-order valence-corrected chi connectivity index (χ0v) is 28.2. The number of hydrogen-bond donors (Lipinski definition) is 2. The molecule has 51 heavy (non-hydrogen) atoms. The highest BCUT2D eigenvalue weighted by Gasteiger charge is 2.32. The van der Waals surface area contributed by atoms with Crippen molar-refractivity contribution in [2.45, 2.75) is 70.1 Å². The van der Waals surface area contributed by atoms with Crippen molar-refractivity contribution >= 4 is 0 Å². The predicted molar refractivity (Wildman–Crippen MR) is 178 cm³/mol. The Kier molecular flexibility index (Phi) is 12.9. The van der Waals surface area contributed by atoms with Gasteiger partial charge in [0, 0.05) is 24.9 Å². The Labute approximate surface area is 292 Å². The van der Waals surface area contributed by atoms with E-state index >= 15 is 0 Å². The highest BCUT2D eigenvalue weighted by molar-refractivity contribution is 5.33. The van der Waals surface area contributed by atoms with Crippen LogP contribution in [0.2, 0.25) is 0 Å². The van der Waals surface area contributed by atoms with Crippen molar-refractivity contribution in [2.75, 3.05) is 26.2 Å². The first-order valence-electron chi connectivity index (χ1n) is 16.8. The van der Waals surface area contributed by atoms with Gasteiger partial charge >= 0.3 is 6.18 Å². The Hall–Kier alpha value is -3.84. The van der Waals surface area contributed by atoms with Crippen LogP contribution in [0, 0.1) is 42.9 Å². The molecule has 2 fully saturated rings. The van der Waals surface area contributed by atoms with E-state index in [1.807, 2.05) is 13.8 Å². The molecule has 0 amide bonds. The number of ether oxygens (including phenoxy) is 2. The zero-order chi connectivity index (χ0) is 36.7. The van der Waals surface area contributed by atoms with Crippen LogP contribution in [0.15, 0.2) is 72.8 Å². The normalized spacial score (nSPS) is 20.8. The van der Waals surface area contributed by atoms with Crippen molar-refractivity contribution in [3.8, 4) is 0 Å². The van der Waals surface area contributed by atoms with Gasteiger partial charge in [0.1, 0.15) is 17.5 Å². The predicted octanol–water partition coefficient (Wildman–Crippen LogP) is 9.03. The summed E-state index contributed by atoms with van der Waals surface area (Å²) in [6.45, 7) is 6.45. The van der Waals surface area contributed by atoms with Gasteiger partial charge in [-0.05, 0) is 116 Å². The molecule has 0 aromatic heterocycles. The van der Waals surface area contributed by atoms with Crippen LogP contribution < -0.4 is 10.6 Å². The van der Waals surface area contributed by atoms with Crippen molar-refractivity contribution in [3.05, 3.63) is 141 Å². The van der Waals surface area contributed by atoms with E-state index in [9.17, 15) is 35.1 Å². The smallest absolute Gasteiger partial charge is 0.373 e. The summed E-state index contributed by atoms with van der Waals surface area (Å²) in [7, 11) is 0. The van der Waals surface area contributed by atoms with Gasteiger partial charge in [-0.3, -0.25) is 0 Å². The minimum atomic E-state index is -4.33. The van der Waals surface area contributed by atoms with E-state index in [4.69, 9.17) is 9.47 Å². The maximum absolute atomic E-state index is 13.8. The van der Waals surface area contributed by atoms with Gasteiger partial charge in [0.25, 0.3) is 0 Å². The minimum absolute atomic E-state index is 0.0669. The van der Waals surface area contributed by atoms with Crippen molar-refractivity contribution < 1.29 is 44.6 Å². The van der Waals surface area contributed by atoms with Crippen LogP contribution in [-0.4, -0.2) is 38.4 Å². The summed E-state index contributed by atoms with van der Waals surface area (Å²) in [5.74, 6) is -3.72. The molecule has 4 atom stereocenters. The molecule has 0 bridgehead atoms. The largest absolute Gasteiger partial charge is 0.416 e. The Bertz CT molecular complexity index is 1770. The molecule has 0 aliphatic carbocycles. The molecule has 2 N–H and O–H groups in total. The maximum Gasteiger partial charge on any atom is 0.416 e. The molecule has 2 heterocycles. The van der Waals surface area contributed by atoms with Crippen molar-refractivity contribution in [1.29, 1.82) is 0 Å². The van der Waals surface area contributed by atoms with Crippen LogP contribution in [0.1, 0.15) is 63.6 Å². The van der Waals surface area contributed by atoms with Crippen LogP contribution in [-0.2, 0) is 28.9 Å². The topological polar surface area (TPSA) is 42.5 Å². The van der Waals surface area contributed by atoms with E-state index in [0.717, 1.165) is 66.0 Å². The van der Waals surface area contributed by atoms with Crippen LogP contribution in [0.5, 0.6) is 0 Å². The molecular formula is C39H40F8N2O2. The van der Waals surface area contributed by atoms with Gasteiger partial charge in [-0.1, -0.05) is 24.3 Å². The van der Waals surface area contributed by atoms with Gasteiger partial charge in [-0.15, -0.1) is 0 Å². The van der Waals surface area contributed by atoms with E-state index in [-0.39, 0.29) is 48.9 Å². The maximum atomic E-state index is 13.8. The van der Waals surface area contributed by atoms with E-state index < -0.39 is 34.8 Å². The molecule has 12 heteroatoms. The van der Waals surface area contributed by atoms with Gasteiger partial charge in [0.2, 0.25) is 0 Å². The molecule has 2 aliphatic rings. The van der Waals surface area contributed by atoms with E-state index in [2.05, 4.69) is 10.6 Å². The monoisotopic (exact) mass is 720 g/mol. The first-order valence-corrected chi connectivity index (χ1v) is 16.8. The molecule has 2 aliphatic heterocycles. The summed E-state index contributed by atoms with van der Waals surface area (Å²) in [6.07, 6.45) is -3.27. The second kappa shape index (κ2) is 17.1. The highest BCUT2D eigenvalue weighted by Crippen LogP contribution is 2.33. The molecule has 2 saturated heterocycles. The van der Waals surface area contributed by atoms with Crippen LogP contribution in [0.25, 0.3) is 0 Å². The van der Waals surface area contributed by atoms with Crippen molar-refractivity contribution in [3.63, 3.8) is 0 Å². The molecule has 0 spiro atoms. The lowest BCUT2D eigenvalue weighted by Gasteiger charge is -2.33. The average Bonchev–Trinajstić information content (AvgIpc) is 3.10. The molecule has 4 nitrogen and oxygen atoms in total. The molecule has 4 unspecified atom stereocenters. The summed E-state index contributed by atoms with van der Waals surface area (Å²) in [4.78, 5) is 0. The number of benzene rings is 4. The van der Waals surface area contributed by atoms with E-state index in [1.54, 1.807) is 12.1 Å². The van der Waals surface area contributed by atoms with Gasteiger partial charge in [-0.2, -0.15) is 13.2 Å². The second-order valence-electron chi connectivity index (χ2n) is 12.9. The lowest BCUT2D eigenvalue weighted by atomic mass is 9.86. The third kappa shape index (κ3) is 9.94. The summed E-state index contributed by atoms with van der Waals surface area (Å²) in [6, 6.07) is 16.0. The molecule has 6 rings (SSSR count). The molecular weight excluding hydrogens is 680 g/mol. The minimum Gasteiger partial charge on any atom is -0.373 e. The summed E-state index contributed by atoms with van der Waals surface area (Å²) >= 11 is 0. The lowest BCUT2D eigenvalue weighted by molar-refractivity contribution is -0.137. The summed E-state index contributed by atoms with van der Waals surface area (Å²) < 4.78 is 117. The molecule has 274 valence electrons. The van der Waals surface area contributed by atoms with Crippen LogP contribution in [0.4, 0.5) is 35.1 Å². The second-order valence-corrected chi connectivity index (χ2v) is 12.9. The van der Waals surface area contributed by atoms with Gasteiger partial charge < -0.3 is 20.1 Å². The number of hydrogen-bond acceptors (Lipinski definition) is 4. The lowest BCUT2D eigenvalue weighted by Crippen LogP contribution is -2.40. The highest BCUT2D eigenvalue weighted by atomic mass is 19.4. The van der Waals surface area contributed by atoms with Gasteiger partial charge in [0.15, 0.2) is 11.6 Å². The number of rotatable bonds is 8. The Morgan fingerprint density at radius 3 is 1.61 bits per heavy atom. The number of nitrogens with one attached hydrogen (secondary N) is 2. The third-order valence-electron chi connectivity index (χ3n) is 9.43. The third-order valence-corrected chi connectivity index (χ3v) is 9.43. The molecule has 4 aromatic rings.